The number of hydrogen-bond donors (Lipinski definition) is 6. The minimum absolute atomic E-state index is 0.0684. The molecule has 2 aromatic heterocycles. The van der Waals surface area contributed by atoms with Crippen LogP contribution in [0.3, 0.4) is 0 Å². The van der Waals surface area contributed by atoms with Gasteiger partial charge in [0.25, 0.3) is 0 Å². The fraction of sp³-hybridized carbons (Fsp3) is 0.486. The maximum Gasteiger partial charge on any atom is 0.243 e. The van der Waals surface area contributed by atoms with Crippen LogP contribution in [-0.4, -0.2) is 83.5 Å². The minimum atomic E-state index is -0.378. The Morgan fingerprint density at radius 1 is 0.711 bits per heavy atom. The van der Waals surface area contributed by atoms with E-state index in [1.54, 1.807) is 0 Å². The fourth-order valence-corrected chi connectivity index (χ4v) is 7.70. The first kappa shape index (κ1) is 31.0. The summed E-state index contributed by atoms with van der Waals surface area (Å²) in [6, 6.07) is 7.04. The number of likely N-dealkylation sites (N-methyl/N-ethyl adjacent to an activating group) is 2. The van der Waals surface area contributed by atoms with Gasteiger partial charge in [-0.05, 0) is 59.1 Å². The molecule has 2 aromatic carbocycles. The van der Waals surface area contributed by atoms with Gasteiger partial charge in [0.15, 0.2) is 0 Å². The van der Waals surface area contributed by atoms with Crippen molar-refractivity contribution in [1.29, 1.82) is 0 Å². The van der Waals surface area contributed by atoms with E-state index in [4.69, 9.17) is 0 Å². The number of H-pyrrole nitrogens is 2. The Morgan fingerprint density at radius 2 is 1.11 bits per heavy atom. The summed E-state index contributed by atoms with van der Waals surface area (Å²) in [7, 11) is 3.95. The summed E-state index contributed by atoms with van der Waals surface area (Å²) in [5.41, 5.74) is 8.41. The molecular formula is C35H46N6O4. The fourth-order valence-electron chi connectivity index (χ4n) is 7.70. The topological polar surface area (TPSA) is 137 Å². The molecule has 10 heteroatoms. The van der Waals surface area contributed by atoms with E-state index >= 15 is 0 Å². The lowest BCUT2D eigenvalue weighted by molar-refractivity contribution is -0.125. The van der Waals surface area contributed by atoms with Crippen LogP contribution in [0.2, 0.25) is 0 Å². The SMILES string of the molecule is CC(C)[C@H]1C(=O)N[C@H](CO)Cc2c[nH]c3c(Cc4ccc5c6c(c[nH]c46)C[C@@H](CO)NC(=O)[C@H](C(C)C)N5C)ccc(c23)N1C. The Kier molecular flexibility index (Phi) is 8.30. The van der Waals surface area contributed by atoms with Crippen molar-refractivity contribution in [3.63, 3.8) is 0 Å². The lowest BCUT2D eigenvalue weighted by Gasteiger charge is -2.33. The molecule has 0 aliphatic carbocycles. The van der Waals surface area contributed by atoms with E-state index in [1.165, 1.54) is 0 Å². The van der Waals surface area contributed by atoms with Gasteiger partial charge in [-0.1, -0.05) is 39.8 Å². The smallest absolute Gasteiger partial charge is 0.243 e. The van der Waals surface area contributed by atoms with Crippen LogP contribution in [0.4, 0.5) is 11.4 Å². The first-order valence-corrected chi connectivity index (χ1v) is 16.1. The van der Waals surface area contributed by atoms with Gasteiger partial charge in [0, 0.05) is 55.1 Å². The average Bonchev–Trinajstić information content (AvgIpc) is 3.62. The van der Waals surface area contributed by atoms with Gasteiger partial charge >= 0.3 is 0 Å². The second-order valence-electron chi connectivity index (χ2n) is 13.6. The van der Waals surface area contributed by atoms with Crippen molar-refractivity contribution in [2.24, 2.45) is 11.8 Å². The van der Waals surface area contributed by atoms with Crippen LogP contribution in [-0.2, 0) is 28.9 Å². The van der Waals surface area contributed by atoms with Crippen LogP contribution in [0.5, 0.6) is 0 Å². The number of aromatic amines is 2. The molecule has 0 fully saturated rings. The average molecular weight is 615 g/mol. The molecule has 6 rings (SSSR count). The molecular weight excluding hydrogens is 568 g/mol. The predicted molar refractivity (Wildman–Crippen MR) is 179 cm³/mol. The molecule has 2 aliphatic heterocycles. The summed E-state index contributed by atoms with van der Waals surface area (Å²) >= 11 is 0. The number of nitrogens with one attached hydrogen (secondary N) is 4. The summed E-state index contributed by atoms with van der Waals surface area (Å²) in [6.07, 6.45) is 5.73. The van der Waals surface area contributed by atoms with E-state index in [9.17, 15) is 19.8 Å². The van der Waals surface area contributed by atoms with Crippen molar-refractivity contribution in [2.45, 2.75) is 71.1 Å². The van der Waals surface area contributed by atoms with E-state index in [1.807, 2.05) is 54.2 Å². The zero-order chi connectivity index (χ0) is 32.2. The molecule has 4 aromatic rings. The number of carbonyl (C=O) groups is 2. The highest BCUT2D eigenvalue weighted by atomic mass is 16.3. The molecule has 2 aliphatic rings. The van der Waals surface area contributed by atoms with E-state index < -0.39 is 0 Å². The summed E-state index contributed by atoms with van der Waals surface area (Å²) in [5, 5.41) is 28.6. The van der Waals surface area contributed by atoms with E-state index in [0.717, 1.165) is 55.4 Å². The lowest BCUT2D eigenvalue weighted by atomic mass is 9.95. The minimum Gasteiger partial charge on any atom is -0.394 e. The molecule has 0 radical (unpaired) electrons. The highest BCUT2D eigenvalue weighted by Crippen LogP contribution is 2.39. The Morgan fingerprint density at radius 3 is 1.47 bits per heavy atom. The van der Waals surface area contributed by atoms with Gasteiger partial charge in [-0.3, -0.25) is 9.59 Å². The first-order valence-electron chi connectivity index (χ1n) is 16.1. The number of rotatable bonds is 6. The molecule has 45 heavy (non-hydrogen) atoms. The summed E-state index contributed by atoms with van der Waals surface area (Å²) in [4.78, 5) is 37.9. The third-order valence-electron chi connectivity index (χ3n) is 9.80. The van der Waals surface area contributed by atoms with Gasteiger partial charge in [-0.2, -0.15) is 0 Å². The number of aliphatic hydroxyl groups is 2. The summed E-state index contributed by atoms with van der Waals surface area (Å²) in [6.45, 7) is 7.93. The number of benzene rings is 2. The Hall–Kier alpha value is -4.02. The standard InChI is InChI=1S/C35H46N6O4/c1-18(2)32-34(44)38-24(16-42)12-22-14-36-30-20(7-9-26(28(22)30)40(32)5)11-21-8-10-27-29-23(15-37-31(21)29)13-25(17-43)39-35(45)33(19(3)4)41(27)6/h7-10,14-15,18-19,24-25,32-33,36-37,42-43H,11-13,16-17H2,1-6H3,(H,38,44)(H,39,45)/t24-,25-,32-,33-/m0/s1. The zero-order valence-corrected chi connectivity index (χ0v) is 27.1. The molecule has 4 atom stereocenters. The molecule has 0 bridgehead atoms. The monoisotopic (exact) mass is 614 g/mol. The van der Waals surface area contributed by atoms with Crippen molar-refractivity contribution < 1.29 is 19.8 Å². The molecule has 0 saturated heterocycles. The van der Waals surface area contributed by atoms with E-state index in [2.05, 4.69) is 54.7 Å². The van der Waals surface area contributed by atoms with Gasteiger partial charge in [-0.25, -0.2) is 0 Å². The Bertz CT molecular complexity index is 1610. The molecule has 0 saturated carbocycles. The van der Waals surface area contributed by atoms with Crippen molar-refractivity contribution >= 4 is 45.0 Å². The molecule has 2 amide bonds. The van der Waals surface area contributed by atoms with Crippen LogP contribution >= 0.6 is 0 Å². The van der Waals surface area contributed by atoms with Crippen LogP contribution in [0.15, 0.2) is 36.7 Å². The van der Waals surface area contributed by atoms with Crippen LogP contribution in [0, 0.1) is 11.8 Å². The van der Waals surface area contributed by atoms with Gasteiger partial charge in [-0.15, -0.1) is 0 Å². The van der Waals surface area contributed by atoms with Crippen molar-refractivity contribution in [3.8, 4) is 0 Å². The Labute approximate surface area is 264 Å². The Balaban J connectivity index is 1.47. The van der Waals surface area contributed by atoms with Gasteiger partial charge in [0.2, 0.25) is 11.8 Å². The molecule has 0 spiro atoms. The maximum atomic E-state index is 13.3. The number of anilines is 2. The second-order valence-corrected chi connectivity index (χ2v) is 13.6. The number of aliphatic hydroxyl groups excluding tert-OH is 2. The summed E-state index contributed by atoms with van der Waals surface area (Å²) < 4.78 is 0. The summed E-state index contributed by atoms with van der Waals surface area (Å²) in [5.74, 6) is -0.00790. The van der Waals surface area contributed by atoms with Gasteiger partial charge in [0.05, 0.1) is 36.3 Å². The van der Waals surface area contributed by atoms with Gasteiger partial charge < -0.3 is 40.6 Å². The highest BCUT2D eigenvalue weighted by molar-refractivity contribution is 6.02. The number of aromatic nitrogens is 2. The number of carbonyl (C=O) groups excluding carboxylic acids is 2. The molecule has 6 N–H and O–H groups in total. The maximum absolute atomic E-state index is 13.3. The first-order chi connectivity index (χ1) is 21.5. The molecule has 10 nitrogen and oxygen atoms in total. The van der Waals surface area contributed by atoms with Crippen LogP contribution in [0.25, 0.3) is 21.8 Å². The van der Waals surface area contributed by atoms with Crippen LogP contribution < -0.4 is 20.4 Å². The van der Waals surface area contributed by atoms with Crippen molar-refractivity contribution in [2.75, 3.05) is 37.1 Å². The quantitative estimate of drug-likeness (QED) is 0.197. The zero-order valence-electron chi connectivity index (χ0n) is 27.1. The predicted octanol–water partition coefficient (Wildman–Crippen LogP) is 3.23. The normalized spacial score (nSPS) is 22.6. The highest BCUT2D eigenvalue weighted by Gasteiger charge is 2.34. The number of amides is 2. The second kappa shape index (κ2) is 12.1. The molecule has 0 unspecified atom stereocenters. The number of hydrogen-bond acceptors (Lipinski definition) is 6. The van der Waals surface area contributed by atoms with Crippen molar-refractivity contribution in [3.05, 3.63) is 58.9 Å². The molecule has 240 valence electrons. The number of nitrogens with zero attached hydrogens (tertiary/aromatic N) is 2. The third kappa shape index (κ3) is 5.33. The van der Waals surface area contributed by atoms with E-state index in [0.29, 0.717) is 19.3 Å². The van der Waals surface area contributed by atoms with Crippen molar-refractivity contribution in [1.82, 2.24) is 20.6 Å². The largest absolute Gasteiger partial charge is 0.394 e. The van der Waals surface area contributed by atoms with E-state index in [-0.39, 0.29) is 61.0 Å². The molecule has 4 heterocycles. The van der Waals surface area contributed by atoms with Gasteiger partial charge in [0.1, 0.15) is 12.1 Å². The third-order valence-corrected chi connectivity index (χ3v) is 9.80. The lowest BCUT2D eigenvalue weighted by Crippen LogP contribution is -2.52. The van der Waals surface area contributed by atoms with Crippen LogP contribution in [0.1, 0.15) is 49.9 Å².